The van der Waals surface area contributed by atoms with Crippen LogP contribution in [-0.2, 0) is 16.8 Å². The molecule has 1 atom stereocenters. The van der Waals surface area contributed by atoms with Crippen LogP contribution in [0.15, 0.2) is 43.1 Å². The van der Waals surface area contributed by atoms with E-state index < -0.39 is 12.0 Å². The molecule has 0 saturated heterocycles. The summed E-state index contributed by atoms with van der Waals surface area (Å²) >= 11 is 0. The summed E-state index contributed by atoms with van der Waals surface area (Å²) in [5.41, 5.74) is 7.43. The van der Waals surface area contributed by atoms with Gasteiger partial charge in [-0.3, -0.25) is 4.79 Å². The standard InChI is InChI=1S/C16H20N2O2/c1-4-16(2,3)18-10-11(9-13(17)15(19)20)12-7-5-6-8-14(12)18/h4-8,10,13H,1,9,17H2,2-3H3,(H,19,20)/t13-/m0/s1. The fourth-order valence-corrected chi connectivity index (χ4v) is 2.31. The second-order valence-corrected chi connectivity index (χ2v) is 5.55. The molecule has 0 saturated carbocycles. The van der Waals surface area contributed by atoms with Crippen LogP contribution in [0.1, 0.15) is 19.4 Å². The van der Waals surface area contributed by atoms with E-state index in [1.165, 1.54) is 0 Å². The van der Waals surface area contributed by atoms with Gasteiger partial charge in [-0.15, -0.1) is 6.58 Å². The third-order valence-electron chi connectivity index (χ3n) is 3.67. The summed E-state index contributed by atoms with van der Waals surface area (Å²) in [4.78, 5) is 11.0. The molecule has 2 rings (SSSR count). The minimum Gasteiger partial charge on any atom is -0.480 e. The van der Waals surface area contributed by atoms with Gasteiger partial charge in [-0.25, -0.2) is 0 Å². The second kappa shape index (κ2) is 5.13. The van der Waals surface area contributed by atoms with E-state index in [-0.39, 0.29) is 5.54 Å². The van der Waals surface area contributed by atoms with Crippen LogP contribution in [0.2, 0.25) is 0 Å². The predicted molar refractivity (Wildman–Crippen MR) is 80.8 cm³/mol. The van der Waals surface area contributed by atoms with E-state index in [1.807, 2.05) is 36.5 Å². The number of rotatable bonds is 5. The molecule has 0 aliphatic carbocycles. The van der Waals surface area contributed by atoms with E-state index in [9.17, 15) is 4.79 Å². The molecule has 4 nitrogen and oxygen atoms in total. The van der Waals surface area contributed by atoms with Crippen molar-refractivity contribution < 1.29 is 9.90 Å². The number of aliphatic carboxylic acids is 1. The van der Waals surface area contributed by atoms with Gasteiger partial charge in [0.05, 0.1) is 5.54 Å². The molecule has 3 N–H and O–H groups in total. The van der Waals surface area contributed by atoms with Gasteiger partial charge in [0.1, 0.15) is 6.04 Å². The fourth-order valence-electron chi connectivity index (χ4n) is 2.31. The molecule has 4 heteroatoms. The van der Waals surface area contributed by atoms with Crippen molar-refractivity contribution in [2.24, 2.45) is 5.73 Å². The SMILES string of the molecule is C=CC(C)(C)n1cc(C[C@H](N)C(=O)O)c2ccccc21. The van der Waals surface area contributed by atoms with Crippen LogP contribution >= 0.6 is 0 Å². The molecular weight excluding hydrogens is 252 g/mol. The highest BCUT2D eigenvalue weighted by atomic mass is 16.4. The van der Waals surface area contributed by atoms with Crippen LogP contribution < -0.4 is 5.73 Å². The molecule has 0 bridgehead atoms. The van der Waals surface area contributed by atoms with Gasteiger partial charge in [0.2, 0.25) is 0 Å². The summed E-state index contributed by atoms with van der Waals surface area (Å²) in [6.07, 6.45) is 4.17. The Hall–Kier alpha value is -2.07. The van der Waals surface area contributed by atoms with Crippen molar-refractivity contribution in [3.8, 4) is 0 Å². The van der Waals surface area contributed by atoms with Gasteiger partial charge in [0.15, 0.2) is 0 Å². The van der Waals surface area contributed by atoms with Gasteiger partial charge >= 0.3 is 5.97 Å². The van der Waals surface area contributed by atoms with Crippen LogP contribution in [0.3, 0.4) is 0 Å². The topological polar surface area (TPSA) is 68.2 Å². The Morgan fingerprint density at radius 2 is 2.15 bits per heavy atom. The molecule has 2 aromatic rings. The molecular formula is C16H20N2O2. The summed E-state index contributed by atoms with van der Waals surface area (Å²) in [7, 11) is 0. The monoisotopic (exact) mass is 272 g/mol. The van der Waals surface area contributed by atoms with Gasteiger partial charge in [-0.05, 0) is 25.5 Å². The Kier molecular flexibility index (Phi) is 3.68. The van der Waals surface area contributed by atoms with E-state index in [1.54, 1.807) is 0 Å². The number of para-hydroxylation sites is 1. The summed E-state index contributed by atoms with van der Waals surface area (Å²) in [5.74, 6) is -0.982. The maximum absolute atomic E-state index is 11.0. The lowest BCUT2D eigenvalue weighted by atomic mass is 10.1. The van der Waals surface area contributed by atoms with Crippen LogP contribution in [0.25, 0.3) is 10.9 Å². The second-order valence-electron chi connectivity index (χ2n) is 5.55. The lowest BCUT2D eigenvalue weighted by Gasteiger charge is -2.23. The van der Waals surface area contributed by atoms with Gasteiger partial charge in [0, 0.05) is 23.5 Å². The number of carboxylic acids is 1. The van der Waals surface area contributed by atoms with Crippen molar-refractivity contribution in [2.75, 3.05) is 0 Å². The largest absolute Gasteiger partial charge is 0.480 e. The molecule has 0 fully saturated rings. The summed E-state index contributed by atoms with van der Waals surface area (Å²) in [6.45, 7) is 8.00. The van der Waals surface area contributed by atoms with E-state index >= 15 is 0 Å². The first-order valence-electron chi connectivity index (χ1n) is 6.58. The molecule has 20 heavy (non-hydrogen) atoms. The minimum atomic E-state index is -0.982. The number of hydrogen-bond donors (Lipinski definition) is 2. The first kappa shape index (κ1) is 14.3. The third-order valence-corrected chi connectivity index (χ3v) is 3.67. The van der Waals surface area contributed by atoms with Crippen LogP contribution in [0.4, 0.5) is 0 Å². The molecule has 106 valence electrons. The van der Waals surface area contributed by atoms with Crippen molar-refractivity contribution in [3.63, 3.8) is 0 Å². The summed E-state index contributed by atoms with van der Waals surface area (Å²) < 4.78 is 2.11. The zero-order valence-corrected chi connectivity index (χ0v) is 11.8. The average Bonchev–Trinajstić information content (AvgIpc) is 2.78. The number of carbonyl (C=O) groups is 1. The number of allylic oxidation sites excluding steroid dienone is 1. The maximum atomic E-state index is 11.0. The Bertz CT molecular complexity index is 656. The maximum Gasteiger partial charge on any atom is 0.320 e. The summed E-state index contributed by atoms with van der Waals surface area (Å²) in [5, 5.41) is 10.0. The number of fused-ring (bicyclic) bond motifs is 1. The molecule has 0 radical (unpaired) electrons. The van der Waals surface area contributed by atoms with Crippen LogP contribution in [0, 0.1) is 0 Å². The smallest absolute Gasteiger partial charge is 0.320 e. The molecule has 1 aromatic carbocycles. The van der Waals surface area contributed by atoms with Crippen molar-refractivity contribution in [2.45, 2.75) is 31.8 Å². The Balaban J connectivity index is 2.57. The Labute approximate surface area is 118 Å². The number of aromatic nitrogens is 1. The van der Waals surface area contributed by atoms with Crippen molar-refractivity contribution >= 4 is 16.9 Å². The molecule has 0 unspecified atom stereocenters. The number of hydrogen-bond acceptors (Lipinski definition) is 2. The van der Waals surface area contributed by atoms with Gasteiger partial charge in [-0.2, -0.15) is 0 Å². The van der Waals surface area contributed by atoms with Crippen molar-refractivity contribution in [3.05, 3.63) is 48.7 Å². The number of nitrogens with zero attached hydrogens (tertiary/aromatic N) is 1. The lowest BCUT2D eigenvalue weighted by Crippen LogP contribution is -2.32. The van der Waals surface area contributed by atoms with Gasteiger partial charge in [-0.1, -0.05) is 24.3 Å². The van der Waals surface area contributed by atoms with E-state index in [0.717, 1.165) is 16.5 Å². The van der Waals surface area contributed by atoms with Crippen molar-refractivity contribution in [1.29, 1.82) is 0 Å². The quantitative estimate of drug-likeness (QED) is 0.822. The third kappa shape index (κ3) is 2.47. The van der Waals surface area contributed by atoms with Gasteiger partial charge in [0.25, 0.3) is 0 Å². The highest BCUT2D eigenvalue weighted by molar-refractivity contribution is 5.85. The number of benzene rings is 1. The zero-order valence-electron chi connectivity index (χ0n) is 11.8. The fraction of sp³-hybridized carbons (Fsp3) is 0.312. The highest BCUT2D eigenvalue weighted by Gasteiger charge is 2.21. The van der Waals surface area contributed by atoms with E-state index in [4.69, 9.17) is 10.8 Å². The first-order valence-corrected chi connectivity index (χ1v) is 6.58. The number of carboxylic acid groups (broad SMARTS) is 1. The molecule has 1 aromatic heterocycles. The molecule has 0 spiro atoms. The molecule has 1 heterocycles. The first-order chi connectivity index (χ1) is 9.36. The summed E-state index contributed by atoms with van der Waals surface area (Å²) in [6, 6.07) is 7.05. The van der Waals surface area contributed by atoms with E-state index in [0.29, 0.717) is 6.42 Å². The predicted octanol–water partition coefficient (Wildman–Crippen LogP) is 2.52. The minimum absolute atomic E-state index is 0.245. The molecule has 0 amide bonds. The molecule has 0 aliphatic heterocycles. The Morgan fingerprint density at radius 1 is 1.50 bits per heavy atom. The number of nitrogens with two attached hydrogens (primary N) is 1. The van der Waals surface area contributed by atoms with Crippen LogP contribution in [0.5, 0.6) is 0 Å². The van der Waals surface area contributed by atoms with Gasteiger partial charge < -0.3 is 15.4 Å². The zero-order chi connectivity index (χ0) is 14.9. The normalized spacial score (nSPS) is 13.3. The van der Waals surface area contributed by atoms with E-state index in [2.05, 4.69) is 25.0 Å². The highest BCUT2D eigenvalue weighted by Crippen LogP contribution is 2.29. The molecule has 0 aliphatic rings. The lowest BCUT2D eigenvalue weighted by molar-refractivity contribution is -0.138. The Morgan fingerprint density at radius 3 is 2.75 bits per heavy atom. The average molecular weight is 272 g/mol. The van der Waals surface area contributed by atoms with Crippen LogP contribution in [-0.4, -0.2) is 21.7 Å². The van der Waals surface area contributed by atoms with Crippen molar-refractivity contribution in [1.82, 2.24) is 4.57 Å².